The zero-order valence-electron chi connectivity index (χ0n) is 15.6. The van der Waals surface area contributed by atoms with Crippen LogP contribution < -0.4 is 10.6 Å². The fourth-order valence-electron chi connectivity index (χ4n) is 2.87. The number of amides is 3. The average molecular weight is 355 g/mol. The fraction of sp³-hybridized carbons (Fsp3) is 0.421. The molecule has 1 aliphatic heterocycles. The minimum absolute atomic E-state index is 0.0629. The zero-order chi connectivity index (χ0) is 18.9. The van der Waals surface area contributed by atoms with Crippen molar-refractivity contribution in [3.8, 4) is 5.69 Å². The Morgan fingerprint density at radius 2 is 1.92 bits per heavy atom. The van der Waals surface area contributed by atoms with E-state index in [0.29, 0.717) is 18.8 Å². The molecule has 7 nitrogen and oxygen atoms in total. The molecule has 0 aliphatic carbocycles. The molecule has 138 valence electrons. The highest BCUT2D eigenvalue weighted by atomic mass is 16.2. The van der Waals surface area contributed by atoms with Gasteiger partial charge in [0.1, 0.15) is 11.9 Å². The molecule has 1 atom stereocenters. The van der Waals surface area contributed by atoms with Crippen molar-refractivity contribution >= 4 is 17.8 Å². The van der Waals surface area contributed by atoms with E-state index in [2.05, 4.69) is 36.5 Å². The molecule has 0 saturated carbocycles. The molecule has 0 spiro atoms. The molecule has 2 heterocycles. The number of likely N-dealkylation sites (N-methyl/N-ethyl adjacent to an activating group) is 1. The summed E-state index contributed by atoms with van der Waals surface area (Å²) in [4.78, 5) is 26.0. The summed E-state index contributed by atoms with van der Waals surface area (Å²) in [7, 11) is 1.74. The molecule has 7 heteroatoms. The van der Waals surface area contributed by atoms with Crippen LogP contribution in [0.15, 0.2) is 36.4 Å². The summed E-state index contributed by atoms with van der Waals surface area (Å²) in [5.74, 6) is 0.504. The first-order chi connectivity index (χ1) is 12.3. The van der Waals surface area contributed by atoms with E-state index in [1.807, 2.05) is 36.4 Å². The van der Waals surface area contributed by atoms with Gasteiger partial charge in [-0.15, -0.1) is 0 Å². The number of hydrogen-bond donors (Lipinski definition) is 2. The molecule has 1 aliphatic rings. The number of urea groups is 1. The van der Waals surface area contributed by atoms with Gasteiger partial charge in [0, 0.05) is 25.1 Å². The molecule has 2 aromatic rings. The summed E-state index contributed by atoms with van der Waals surface area (Å²) in [6.45, 7) is 6.87. The van der Waals surface area contributed by atoms with Crippen LogP contribution in [0.1, 0.15) is 32.9 Å². The van der Waals surface area contributed by atoms with Crippen LogP contribution >= 0.6 is 0 Å². The maximum absolute atomic E-state index is 12.4. The van der Waals surface area contributed by atoms with Gasteiger partial charge in [-0.05, 0) is 18.6 Å². The van der Waals surface area contributed by atoms with Crippen molar-refractivity contribution in [1.29, 1.82) is 0 Å². The van der Waals surface area contributed by atoms with Gasteiger partial charge in [-0.2, -0.15) is 5.10 Å². The third-order valence-corrected chi connectivity index (χ3v) is 4.45. The Hall–Kier alpha value is -2.83. The molecule has 1 aromatic heterocycles. The predicted molar refractivity (Wildman–Crippen MR) is 100 cm³/mol. The number of hydrogen-bond acceptors (Lipinski definition) is 3. The molecule has 0 radical (unpaired) electrons. The second-order valence-electron chi connectivity index (χ2n) is 7.61. The van der Waals surface area contributed by atoms with E-state index in [1.54, 1.807) is 16.6 Å². The second kappa shape index (κ2) is 6.82. The van der Waals surface area contributed by atoms with Gasteiger partial charge in [-0.25, -0.2) is 9.48 Å². The Kier molecular flexibility index (Phi) is 4.71. The monoisotopic (exact) mass is 355 g/mol. The van der Waals surface area contributed by atoms with Gasteiger partial charge in [0.2, 0.25) is 5.91 Å². The number of benzene rings is 1. The predicted octanol–water partition coefficient (Wildman–Crippen LogP) is 2.52. The number of nitrogens with one attached hydrogen (secondary N) is 2. The lowest BCUT2D eigenvalue weighted by molar-refractivity contribution is -0.128. The molecule has 3 rings (SSSR count). The number of rotatable bonds is 3. The van der Waals surface area contributed by atoms with Crippen LogP contribution in [0.2, 0.25) is 0 Å². The summed E-state index contributed by atoms with van der Waals surface area (Å²) >= 11 is 0. The summed E-state index contributed by atoms with van der Waals surface area (Å²) in [5.41, 5.74) is 1.57. The highest BCUT2D eigenvalue weighted by Crippen LogP contribution is 2.26. The SMILES string of the molecule is CN1CC[C@H](NC(=O)Nc2cc(C(C)(C)C)nn2-c2ccccc2)C1=O. The van der Waals surface area contributed by atoms with E-state index in [9.17, 15) is 9.59 Å². The summed E-state index contributed by atoms with van der Waals surface area (Å²) in [6, 6.07) is 10.6. The Bertz CT molecular complexity index is 807. The van der Waals surface area contributed by atoms with Gasteiger partial charge in [0.25, 0.3) is 0 Å². The highest BCUT2D eigenvalue weighted by Gasteiger charge is 2.30. The van der Waals surface area contributed by atoms with Crippen molar-refractivity contribution in [1.82, 2.24) is 20.0 Å². The van der Waals surface area contributed by atoms with Crippen molar-refractivity contribution < 1.29 is 9.59 Å². The molecular weight excluding hydrogens is 330 g/mol. The van der Waals surface area contributed by atoms with E-state index in [-0.39, 0.29) is 11.3 Å². The van der Waals surface area contributed by atoms with Gasteiger partial charge in [0.05, 0.1) is 11.4 Å². The lowest BCUT2D eigenvalue weighted by Gasteiger charge is -2.14. The molecule has 3 amide bonds. The highest BCUT2D eigenvalue weighted by molar-refractivity contribution is 5.94. The van der Waals surface area contributed by atoms with Crippen LogP contribution in [-0.2, 0) is 10.2 Å². The van der Waals surface area contributed by atoms with E-state index < -0.39 is 12.1 Å². The average Bonchev–Trinajstić information content (AvgIpc) is 3.14. The van der Waals surface area contributed by atoms with Crippen LogP contribution in [0.4, 0.5) is 10.6 Å². The van der Waals surface area contributed by atoms with Crippen LogP contribution in [0, 0.1) is 0 Å². The first-order valence-electron chi connectivity index (χ1n) is 8.74. The lowest BCUT2D eigenvalue weighted by Crippen LogP contribution is -2.42. The molecule has 1 aromatic carbocycles. The second-order valence-corrected chi connectivity index (χ2v) is 7.61. The topological polar surface area (TPSA) is 79.3 Å². The van der Waals surface area contributed by atoms with E-state index >= 15 is 0 Å². The van der Waals surface area contributed by atoms with Crippen LogP contribution in [0.25, 0.3) is 5.69 Å². The number of carbonyl (C=O) groups excluding carboxylic acids is 2. The van der Waals surface area contributed by atoms with Crippen LogP contribution in [-0.4, -0.2) is 46.3 Å². The van der Waals surface area contributed by atoms with E-state index in [4.69, 9.17) is 0 Å². The van der Waals surface area contributed by atoms with Gasteiger partial charge in [0.15, 0.2) is 0 Å². The minimum atomic E-state index is -0.477. The summed E-state index contributed by atoms with van der Waals surface area (Å²) in [5, 5.41) is 10.3. The van der Waals surface area contributed by atoms with E-state index in [1.165, 1.54) is 0 Å². The number of aromatic nitrogens is 2. The molecule has 0 bridgehead atoms. The molecule has 1 fully saturated rings. The van der Waals surface area contributed by atoms with Crippen molar-refractivity contribution in [3.63, 3.8) is 0 Å². The Morgan fingerprint density at radius 3 is 2.50 bits per heavy atom. The minimum Gasteiger partial charge on any atom is -0.344 e. The number of carbonyl (C=O) groups is 2. The molecule has 1 saturated heterocycles. The van der Waals surface area contributed by atoms with Gasteiger partial charge in [-0.3, -0.25) is 10.1 Å². The van der Waals surface area contributed by atoms with Crippen LogP contribution in [0.3, 0.4) is 0 Å². The summed E-state index contributed by atoms with van der Waals surface area (Å²) < 4.78 is 1.71. The Labute approximate surface area is 153 Å². The zero-order valence-corrected chi connectivity index (χ0v) is 15.6. The Balaban J connectivity index is 1.83. The first kappa shape index (κ1) is 18.0. The number of anilines is 1. The smallest absolute Gasteiger partial charge is 0.321 e. The third-order valence-electron chi connectivity index (χ3n) is 4.45. The summed E-state index contributed by atoms with van der Waals surface area (Å²) in [6.07, 6.45) is 0.619. The van der Waals surface area contributed by atoms with Crippen molar-refractivity contribution in [2.24, 2.45) is 0 Å². The van der Waals surface area contributed by atoms with Gasteiger partial charge < -0.3 is 10.2 Å². The van der Waals surface area contributed by atoms with Crippen LogP contribution in [0.5, 0.6) is 0 Å². The first-order valence-corrected chi connectivity index (χ1v) is 8.74. The number of likely N-dealkylation sites (tertiary alicyclic amines) is 1. The standard InChI is InChI=1S/C19H25N5O2/c1-19(2,3)15-12-16(24(22-15)13-8-6-5-7-9-13)21-18(26)20-14-10-11-23(4)17(14)25/h5-9,12,14H,10-11H2,1-4H3,(H2,20,21,26)/t14-/m0/s1. The van der Waals surface area contributed by atoms with E-state index in [0.717, 1.165) is 11.4 Å². The number of para-hydroxylation sites is 1. The quantitative estimate of drug-likeness (QED) is 0.888. The van der Waals surface area contributed by atoms with Gasteiger partial charge >= 0.3 is 6.03 Å². The normalized spacial score (nSPS) is 17.5. The van der Waals surface area contributed by atoms with Crippen molar-refractivity contribution in [2.45, 2.75) is 38.6 Å². The maximum Gasteiger partial charge on any atom is 0.321 e. The largest absolute Gasteiger partial charge is 0.344 e. The van der Waals surface area contributed by atoms with Crippen molar-refractivity contribution in [2.75, 3.05) is 18.9 Å². The third kappa shape index (κ3) is 3.71. The number of nitrogens with zero attached hydrogens (tertiary/aromatic N) is 3. The Morgan fingerprint density at radius 1 is 1.23 bits per heavy atom. The molecule has 2 N–H and O–H groups in total. The molecule has 26 heavy (non-hydrogen) atoms. The lowest BCUT2D eigenvalue weighted by atomic mass is 9.92. The molecular formula is C19H25N5O2. The fourth-order valence-corrected chi connectivity index (χ4v) is 2.87. The van der Waals surface area contributed by atoms with Crippen molar-refractivity contribution in [3.05, 3.63) is 42.1 Å². The molecule has 0 unspecified atom stereocenters. The van der Waals surface area contributed by atoms with Gasteiger partial charge in [-0.1, -0.05) is 39.0 Å². The maximum atomic E-state index is 12.4.